The van der Waals surface area contributed by atoms with Crippen LogP contribution in [0.3, 0.4) is 0 Å². The van der Waals surface area contributed by atoms with E-state index in [0.717, 1.165) is 5.66 Å². The van der Waals surface area contributed by atoms with E-state index in [4.69, 9.17) is 0 Å². The van der Waals surface area contributed by atoms with Gasteiger partial charge >= 0.3 is 0 Å². The Morgan fingerprint density at radius 2 is 1.28 bits per heavy atom. The molecule has 1 heteroatoms. The summed E-state index contributed by atoms with van der Waals surface area (Å²) >= 11 is 0. The van der Waals surface area contributed by atoms with Crippen molar-refractivity contribution in [3.63, 3.8) is 0 Å². The van der Waals surface area contributed by atoms with Gasteiger partial charge in [0.05, 0.1) is 0 Å². The van der Waals surface area contributed by atoms with Gasteiger partial charge in [-0.3, -0.25) is 0 Å². The van der Waals surface area contributed by atoms with Crippen LogP contribution in [0.1, 0.15) is 98.3 Å². The zero-order chi connectivity index (χ0) is 13.9. The normalized spacial score (nSPS) is 13.8. The molecule has 0 rings (SSSR count). The van der Waals surface area contributed by atoms with E-state index >= 15 is 0 Å². The van der Waals surface area contributed by atoms with E-state index in [9.17, 15) is 0 Å². The topological polar surface area (TPSA) is 0 Å². The number of rotatable bonds is 12. The summed E-state index contributed by atoms with van der Waals surface area (Å²) in [6.45, 7) is 9.36. The van der Waals surface area contributed by atoms with E-state index in [1.807, 2.05) is 0 Å². The van der Waals surface area contributed by atoms with Crippen LogP contribution in [0, 0.1) is 5.41 Å². The molecule has 0 amide bonds. The third-order valence-corrected chi connectivity index (χ3v) is 5.47. The zero-order valence-electron chi connectivity index (χ0n) is 13.4. The van der Waals surface area contributed by atoms with Gasteiger partial charge in [-0.05, 0) is 36.8 Å². The lowest BCUT2D eigenvalue weighted by Gasteiger charge is -2.40. The van der Waals surface area contributed by atoms with Gasteiger partial charge in [0.2, 0.25) is 0 Å². The molecule has 0 bridgehead atoms. The lowest BCUT2D eigenvalue weighted by Crippen LogP contribution is -2.31. The summed E-state index contributed by atoms with van der Waals surface area (Å²) in [7, 11) is 3.22. The van der Waals surface area contributed by atoms with E-state index < -0.39 is 0 Å². The molecule has 0 heterocycles. The molecular formula is C17H37P. The Morgan fingerprint density at radius 1 is 0.722 bits per heavy atom. The minimum atomic E-state index is 0.623. The molecule has 0 aromatic rings. The second-order valence-electron chi connectivity index (χ2n) is 6.07. The summed E-state index contributed by atoms with van der Waals surface area (Å²) < 4.78 is 0. The number of unbranched alkanes of at least 4 members (excludes halogenated alkanes) is 3. The molecule has 2 atom stereocenters. The van der Waals surface area contributed by atoms with Crippen LogP contribution >= 0.6 is 9.24 Å². The van der Waals surface area contributed by atoms with Crippen molar-refractivity contribution in [2.24, 2.45) is 5.41 Å². The molecule has 0 saturated carbocycles. The van der Waals surface area contributed by atoms with Gasteiger partial charge in [0.1, 0.15) is 0 Å². The molecule has 0 saturated heterocycles. The first kappa shape index (κ1) is 18.4. The Bertz CT molecular complexity index is 170. The Labute approximate surface area is 119 Å². The van der Waals surface area contributed by atoms with Crippen molar-refractivity contribution < 1.29 is 0 Å². The highest BCUT2D eigenvalue weighted by atomic mass is 31.0. The average Bonchev–Trinajstić information content (AvgIpc) is 2.36. The smallest absolute Gasteiger partial charge is 0.0208 e. The maximum absolute atomic E-state index is 3.22. The Kier molecular flexibility index (Phi) is 11.5. The summed E-state index contributed by atoms with van der Waals surface area (Å²) in [6, 6.07) is 0. The van der Waals surface area contributed by atoms with Gasteiger partial charge in [0.15, 0.2) is 0 Å². The molecule has 0 aromatic heterocycles. The quantitative estimate of drug-likeness (QED) is 0.278. The van der Waals surface area contributed by atoms with E-state index in [1.54, 1.807) is 0 Å². The third-order valence-electron chi connectivity index (χ3n) is 4.43. The van der Waals surface area contributed by atoms with Gasteiger partial charge in [-0.1, -0.05) is 72.6 Å². The first-order valence-electron chi connectivity index (χ1n) is 8.42. The van der Waals surface area contributed by atoms with Crippen LogP contribution in [0.4, 0.5) is 0 Å². The van der Waals surface area contributed by atoms with Crippen LogP contribution in [0.2, 0.25) is 0 Å². The molecule has 0 aliphatic rings. The Hall–Kier alpha value is 0.430. The van der Waals surface area contributed by atoms with E-state index in [2.05, 4.69) is 36.9 Å². The van der Waals surface area contributed by atoms with Crippen molar-refractivity contribution >= 4 is 9.24 Å². The van der Waals surface area contributed by atoms with Gasteiger partial charge in [0.25, 0.3) is 0 Å². The van der Waals surface area contributed by atoms with Crippen LogP contribution in [0.15, 0.2) is 0 Å². The highest BCUT2D eigenvalue weighted by molar-refractivity contribution is 7.17. The number of hydrogen-bond acceptors (Lipinski definition) is 0. The fraction of sp³-hybridized carbons (Fsp3) is 1.00. The summed E-state index contributed by atoms with van der Waals surface area (Å²) in [5.74, 6) is 0. The minimum Gasteiger partial charge on any atom is -0.134 e. The highest BCUT2D eigenvalue weighted by Gasteiger charge is 2.33. The molecule has 0 nitrogen and oxygen atoms in total. The molecule has 0 radical (unpaired) electrons. The van der Waals surface area contributed by atoms with Crippen LogP contribution in [-0.2, 0) is 0 Å². The maximum atomic E-state index is 3.22. The van der Waals surface area contributed by atoms with Crippen molar-refractivity contribution in [3.8, 4) is 0 Å². The van der Waals surface area contributed by atoms with Gasteiger partial charge in [-0.2, -0.15) is 0 Å². The monoisotopic (exact) mass is 272 g/mol. The summed E-state index contributed by atoms with van der Waals surface area (Å²) in [5, 5.41) is 0. The van der Waals surface area contributed by atoms with Gasteiger partial charge < -0.3 is 0 Å². The maximum Gasteiger partial charge on any atom is -0.0208 e. The van der Waals surface area contributed by atoms with E-state index in [-0.39, 0.29) is 0 Å². The fourth-order valence-electron chi connectivity index (χ4n) is 3.38. The highest BCUT2D eigenvalue weighted by Crippen LogP contribution is 2.44. The zero-order valence-corrected chi connectivity index (χ0v) is 14.6. The van der Waals surface area contributed by atoms with Crippen LogP contribution < -0.4 is 0 Å². The third kappa shape index (κ3) is 6.55. The van der Waals surface area contributed by atoms with Crippen LogP contribution in [0.5, 0.6) is 0 Å². The largest absolute Gasteiger partial charge is 0.134 e. The molecule has 110 valence electrons. The summed E-state index contributed by atoms with van der Waals surface area (Å²) in [4.78, 5) is 0. The summed E-state index contributed by atoms with van der Waals surface area (Å²) in [6.07, 6.45) is 15.4. The van der Waals surface area contributed by atoms with Crippen LogP contribution in [0.25, 0.3) is 0 Å². The summed E-state index contributed by atoms with van der Waals surface area (Å²) in [5.41, 5.74) is 1.47. The molecule has 0 spiro atoms. The molecule has 0 aromatic carbocycles. The Balaban J connectivity index is 4.54. The predicted molar refractivity (Wildman–Crippen MR) is 89.4 cm³/mol. The number of hydrogen-bond donors (Lipinski definition) is 0. The first-order chi connectivity index (χ1) is 8.66. The molecular weight excluding hydrogens is 235 g/mol. The molecule has 18 heavy (non-hydrogen) atoms. The molecule has 0 aliphatic carbocycles. The minimum absolute atomic E-state index is 0.623. The average molecular weight is 272 g/mol. The lowest BCUT2D eigenvalue weighted by molar-refractivity contribution is 0.191. The lowest BCUT2D eigenvalue weighted by atomic mass is 9.71. The van der Waals surface area contributed by atoms with Crippen molar-refractivity contribution in [2.75, 3.05) is 0 Å². The SMILES string of the molecule is CCCCCC(P)C(CCC)(CCC)CCCC. The standard InChI is InChI=1S/C17H37P/c1-5-9-11-12-16(18)17(13-7-3,14-8-4)15-10-6-2/h16H,5-15,18H2,1-4H3. The molecule has 0 N–H and O–H groups in total. The van der Waals surface area contributed by atoms with Gasteiger partial charge in [0, 0.05) is 0 Å². The van der Waals surface area contributed by atoms with Crippen molar-refractivity contribution in [1.82, 2.24) is 0 Å². The molecule has 0 aliphatic heterocycles. The van der Waals surface area contributed by atoms with Gasteiger partial charge in [-0.15, -0.1) is 9.24 Å². The fourth-order valence-corrected chi connectivity index (χ4v) is 4.11. The second kappa shape index (κ2) is 11.3. The van der Waals surface area contributed by atoms with Gasteiger partial charge in [-0.25, -0.2) is 0 Å². The predicted octanol–water partition coefficient (Wildman–Crippen LogP) is 6.59. The van der Waals surface area contributed by atoms with Crippen molar-refractivity contribution in [3.05, 3.63) is 0 Å². The van der Waals surface area contributed by atoms with E-state index in [1.165, 1.54) is 70.6 Å². The van der Waals surface area contributed by atoms with Crippen LogP contribution in [-0.4, -0.2) is 5.66 Å². The molecule has 0 fully saturated rings. The van der Waals surface area contributed by atoms with E-state index in [0.29, 0.717) is 5.41 Å². The second-order valence-corrected chi connectivity index (χ2v) is 6.87. The van der Waals surface area contributed by atoms with Crippen molar-refractivity contribution in [1.29, 1.82) is 0 Å². The first-order valence-corrected chi connectivity index (χ1v) is 9.09. The molecule has 2 unspecified atom stereocenters. The van der Waals surface area contributed by atoms with Crippen molar-refractivity contribution in [2.45, 2.75) is 104 Å². The Morgan fingerprint density at radius 3 is 1.72 bits per heavy atom.